The summed E-state index contributed by atoms with van der Waals surface area (Å²) in [5, 5.41) is 6.76. The zero-order valence-corrected chi connectivity index (χ0v) is 16.6. The van der Waals surface area contributed by atoms with Crippen LogP contribution < -0.4 is 10.6 Å². The zero-order chi connectivity index (χ0) is 19.1. The van der Waals surface area contributed by atoms with Gasteiger partial charge in [-0.3, -0.25) is 14.4 Å². The monoisotopic (exact) mass is 348 g/mol. The standard InChI is InChI=1S/C20H32N2O3/c1-16(2)10-12(11-17(3,4)22-16)21-15(25)20-9-8-19(7,18(20,5)6)13(23)14(20)24/h12,22H,8-11H2,1-7H3,(H,21,25)/t19-,20-/m1/s1. The molecule has 1 aliphatic heterocycles. The van der Waals surface area contributed by atoms with Gasteiger partial charge in [0.1, 0.15) is 5.41 Å². The maximum absolute atomic E-state index is 13.3. The van der Waals surface area contributed by atoms with E-state index in [0.717, 1.165) is 12.8 Å². The minimum atomic E-state index is -1.20. The number of Topliss-reactive ketones (excluding diaryl/α,β-unsaturated/α-hetero) is 2. The molecule has 3 aliphatic rings. The van der Waals surface area contributed by atoms with E-state index in [-0.39, 0.29) is 28.8 Å². The number of amides is 1. The van der Waals surface area contributed by atoms with E-state index < -0.39 is 22.0 Å². The predicted octanol–water partition coefficient (Wildman–Crippen LogP) is 2.38. The Hall–Kier alpha value is -1.23. The fourth-order valence-corrected chi connectivity index (χ4v) is 6.01. The Morgan fingerprint density at radius 2 is 1.44 bits per heavy atom. The van der Waals surface area contributed by atoms with Crippen molar-refractivity contribution in [3.63, 3.8) is 0 Å². The lowest BCUT2D eigenvalue weighted by atomic mass is 9.64. The van der Waals surface area contributed by atoms with E-state index >= 15 is 0 Å². The zero-order valence-electron chi connectivity index (χ0n) is 16.6. The highest BCUT2D eigenvalue weighted by Gasteiger charge is 2.77. The van der Waals surface area contributed by atoms with Crippen molar-refractivity contribution in [3.8, 4) is 0 Å². The topological polar surface area (TPSA) is 75.3 Å². The van der Waals surface area contributed by atoms with Crippen molar-refractivity contribution in [3.05, 3.63) is 0 Å². The van der Waals surface area contributed by atoms with E-state index in [1.807, 2.05) is 20.8 Å². The molecule has 0 spiro atoms. The van der Waals surface area contributed by atoms with Gasteiger partial charge in [0, 0.05) is 22.5 Å². The van der Waals surface area contributed by atoms with Crippen molar-refractivity contribution in [1.29, 1.82) is 0 Å². The van der Waals surface area contributed by atoms with E-state index in [9.17, 15) is 14.4 Å². The van der Waals surface area contributed by atoms with Gasteiger partial charge >= 0.3 is 0 Å². The highest BCUT2D eigenvalue weighted by Crippen LogP contribution is 2.69. The van der Waals surface area contributed by atoms with E-state index in [1.165, 1.54) is 0 Å². The predicted molar refractivity (Wildman–Crippen MR) is 96.0 cm³/mol. The third-order valence-electron chi connectivity index (χ3n) is 7.45. The number of rotatable bonds is 2. The number of fused-ring (bicyclic) bond motifs is 2. The van der Waals surface area contributed by atoms with Gasteiger partial charge in [-0.15, -0.1) is 0 Å². The van der Waals surface area contributed by atoms with Crippen LogP contribution in [0.2, 0.25) is 0 Å². The normalized spacial score (nSPS) is 38.8. The minimum Gasteiger partial charge on any atom is -0.352 e. The van der Waals surface area contributed by atoms with Crippen LogP contribution in [0.4, 0.5) is 0 Å². The molecule has 2 aliphatic carbocycles. The molecule has 2 N–H and O–H groups in total. The molecule has 0 aromatic heterocycles. The molecule has 3 rings (SSSR count). The fourth-order valence-electron chi connectivity index (χ4n) is 6.01. The van der Waals surface area contributed by atoms with Gasteiger partial charge in [-0.1, -0.05) is 20.8 Å². The first kappa shape index (κ1) is 18.6. The van der Waals surface area contributed by atoms with Crippen LogP contribution in [0.3, 0.4) is 0 Å². The van der Waals surface area contributed by atoms with Gasteiger partial charge in [-0.25, -0.2) is 0 Å². The number of hydrogen-bond acceptors (Lipinski definition) is 4. The van der Waals surface area contributed by atoms with Crippen molar-refractivity contribution in [2.45, 2.75) is 91.3 Å². The molecule has 5 nitrogen and oxygen atoms in total. The maximum atomic E-state index is 13.3. The molecule has 25 heavy (non-hydrogen) atoms. The molecule has 2 atom stereocenters. The SMILES string of the molecule is CC1(C)CC(NC(=O)[C@@]23CC[C@](C)(C(=O)C2=O)C3(C)C)CC(C)(C)N1. The van der Waals surface area contributed by atoms with Gasteiger partial charge in [0.15, 0.2) is 0 Å². The maximum Gasteiger partial charge on any atom is 0.235 e. The highest BCUT2D eigenvalue weighted by atomic mass is 16.2. The van der Waals surface area contributed by atoms with Gasteiger partial charge in [-0.05, 0) is 58.8 Å². The summed E-state index contributed by atoms with van der Waals surface area (Å²) in [4.78, 5) is 38.7. The van der Waals surface area contributed by atoms with Gasteiger partial charge in [0.05, 0.1) is 0 Å². The van der Waals surface area contributed by atoms with Crippen LogP contribution in [0.5, 0.6) is 0 Å². The van der Waals surface area contributed by atoms with Crippen LogP contribution in [0.15, 0.2) is 0 Å². The number of ketones is 2. The number of carbonyl (C=O) groups is 3. The molecular weight excluding hydrogens is 316 g/mol. The van der Waals surface area contributed by atoms with Gasteiger partial charge in [-0.2, -0.15) is 0 Å². The Labute approximate surface area is 150 Å². The second-order valence-corrected chi connectivity index (χ2v) is 10.5. The number of nitrogens with one attached hydrogen (secondary N) is 2. The van der Waals surface area contributed by atoms with Crippen LogP contribution in [0.1, 0.15) is 74.1 Å². The van der Waals surface area contributed by atoms with Gasteiger partial charge in [0.25, 0.3) is 0 Å². The molecule has 1 saturated heterocycles. The number of carbonyl (C=O) groups excluding carboxylic acids is 3. The van der Waals surface area contributed by atoms with Crippen molar-refractivity contribution in [1.82, 2.24) is 10.6 Å². The number of hydrogen-bond donors (Lipinski definition) is 2. The summed E-state index contributed by atoms with van der Waals surface area (Å²) in [6, 6.07) is -0.000664. The lowest BCUT2D eigenvalue weighted by Crippen LogP contribution is -2.63. The van der Waals surface area contributed by atoms with E-state index in [0.29, 0.717) is 12.8 Å². The summed E-state index contributed by atoms with van der Waals surface area (Å²) in [6.45, 7) is 14.2. The van der Waals surface area contributed by atoms with E-state index in [2.05, 4.69) is 38.3 Å². The van der Waals surface area contributed by atoms with Crippen LogP contribution >= 0.6 is 0 Å². The molecule has 2 saturated carbocycles. The summed E-state index contributed by atoms with van der Waals surface area (Å²) in [5.41, 5.74) is -2.73. The average Bonchev–Trinajstić information content (AvgIpc) is 2.67. The Kier molecular flexibility index (Phi) is 3.66. The molecule has 1 amide bonds. The first-order valence-electron chi connectivity index (χ1n) is 9.38. The smallest absolute Gasteiger partial charge is 0.235 e. The van der Waals surface area contributed by atoms with Crippen LogP contribution in [0.25, 0.3) is 0 Å². The number of piperidine rings is 1. The fraction of sp³-hybridized carbons (Fsp3) is 0.850. The molecule has 5 heteroatoms. The molecular formula is C20H32N2O3. The Morgan fingerprint density at radius 1 is 0.920 bits per heavy atom. The lowest BCUT2D eigenvalue weighted by molar-refractivity contribution is -0.149. The van der Waals surface area contributed by atoms with Crippen molar-refractivity contribution in [2.75, 3.05) is 0 Å². The molecule has 0 radical (unpaired) electrons. The lowest BCUT2D eigenvalue weighted by Gasteiger charge is -2.47. The Balaban J connectivity index is 1.89. The van der Waals surface area contributed by atoms with Crippen LogP contribution in [-0.2, 0) is 14.4 Å². The average molecular weight is 348 g/mol. The van der Waals surface area contributed by atoms with Crippen LogP contribution in [0, 0.1) is 16.2 Å². The quantitative estimate of drug-likeness (QED) is 0.593. The summed E-state index contributed by atoms with van der Waals surface area (Å²) in [7, 11) is 0. The van der Waals surface area contributed by atoms with E-state index in [4.69, 9.17) is 0 Å². The van der Waals surface area contributed by atoms with Crippen LogP contribution in [-0.4, -0.2) is 34.6 Å². The van der Waals surface area contributed by atoms with Crippen molar-refractivity contribution >= 4 is 17.5 Å². The first-order chi connectivity index (χ1) is 11.2. The second-order valence-electron chi connectivity index (χ2n) is 10.5. The summed E-state index contributed by atoms with van der Waals surface area (Å²) < 4.78 is 0. The molecule has 0 aromatic carbocycles. The minimum absolute atomic E-state index is 0.000664. The molecule has 1 heterocycles. The second kappa shape index (κ2) is 4.93. The molecule has 0 aromatic rings. The molecule has 2 bridgehead atoms. The third-order valence-corrected chi connectivity index (χ3v) is 7.45. The van der Waals surface area contributed by atoms with Crippen molar-refractivity contribution < 1.29 is 14.4 Å². The third kappa shape index (κ3) is 2.27. The Bertz CT molecular complexity index is 648. The Morgan fingerprint density at radius 3 is 1.88 bits per heavy atom. The van der Waals surface area contributed by atoms with Gasteiger partial charge < -0.3 is 10.6 Å². The summed E-state index contributed by atoms with van der Waals surface area (Å²) in [5.74, 6) is -1.07. The largest absolute Gasteiger partial charge is 0.352 e. The summed E-state index contributed by atoms with van der Waals surface area (Å²) >= 11 is 0. The first-order valence-corrected chi connectivity index (χ1v) is 9.38. The van der Waals surface area contributed by atoms with Gasteiger partial charge in [0.2, 0.25) is 17.5 Å². The highest BCUT2D eigenvalue weighted by molar-refractivity contribution is 6.48. The molecule has 140 valence electrons. The van der Waals surface area contributed by atoms with Crippen molar-refractivity contribution in [2.24, 2.45) is 16.2 Å². The summed E-state index contributed by atoms with van der Waals surface area (Å²) in [6.07, 6.45) is 2.70. The molecule has 3 fully saturated rings. The molecule has 0 unspecified atom stereocenters. The van der Waals surface area contributed by atoms with E-state index in [1.54, 1.807) is 0 Å².